The van der Waals surface area contributed by atoms with E-state index >= 15 is 0 Å². The average molecular weight is 740 g/mol. The van der Waals surface area contributed by atoms with Gasteiger partial charge in [-0.25, -0.2) is 14.8 Å². The number of rotatable bonds is 6. The summed E-state index contributed by atoms with van der Waals surface area (Å²) in [7, 11) is -4.20. The minimum Gasteiger partial charge on any atom is -0.329 e. The highest BCUT2D eigenvalue weighted by Crippen LogP contribution is 2.32. The zero-order valence-corrected chi connectivity index (χ0v) is 32.9. The lowest BCUT2D eigenvalue weighted by atomic mass is 10.1. The van der Waals surface area contributed by atoms with Crippen LogP contribution in [0.3, 0.4) is 0 Å². The fraction of sp³-hybridized carbons (Fsp3) is 0.419. The average Bonchev–Trinajstić information content (AvgIpc) is 3.03. The second-order valence-electron chi connectivity index (χ2n) is 10.2. The topological polar surface area (TPSA) is 175 Å². The van der Waals surface area contributed by atoms with Crippen LogP contribution >= 0.6 is 42.8 Å². The first-order valence-electron chi connectivity index (χ1n) is 14.3. The predicted molar refractivity (Wildman–Crippen MR) is 203 cm³/mol. The summed E-state index contributed by atoms with van der Waals surface area (Å²) in [6.45, 7) is 23.7. The van der Waals surface area contributed by atoms with E-state index in [1.807, 2.05) is 39.0 Å². The maximum absolute atomic E-state index is 11.1. The van der Waals surface area contributed by atoms with Crippen molar-refractivity contribution in [2.75, 3.05) is 57.0 Å². The number of halogens is 1. The zero-order chi connectivity index (χ0) is 36.3. The number of hydrogen-bond donors (Lipinski definition) is 3. The fourth-order valence-electron chi connectivity index (χ4n) is 3.13. The summed E-state index contributed by atoms with van der Waals surface area (Å²) >= 11 is 6.11. The van der Waals surface area contributed by atoms with E-state index in [1.54, 1.807) is 26.7 Å². The molecular weight excluding hydrogens is 694 g/mol. The molecule has 2 heterocycles. The Morgan fingerprint density at radius 1 is 0.745 bits per heavy atom. The van der Waals surface area contributed by atoms with Crippen molar-refractivity contribution in [1.29, 1.82) is 0 Å². The maximum atomic E-state index is 11.1. The third kappa shape index (κ3) is 17.2. The van der Waals surface area contributed by atoms with Crippen molar-refractivity contribution in [1.82, 2.24) is 15.0 Å². The van der Waals surface area contributed by atoms with E-state index in [2.05, 4.69) is 45.0 Å². The van der Waals surface area contributed by atoms with Crippen LogP contribution in [0.15, 0.2) is 36.8 Å². The molecule has 11 nitrogen and oxygen atoms in total. The van der Waals surface area contributed by atoms with Crippen molar-refractivity contribution >= 4 is 76.1 Å². The van der Waals surface area contributed by atoms with Crippen LogP contribution in [0.2, 0.25) is 5.02 Å². The summed E-state index contributed by atoms with van der Waals surface area (Å²) < 4.78 is 40.7. The number of nitrogens with one attached hydrogen (secondary N) is 1. The molecule has 4 aromatic rings. The first-order valence-corrected chi connectivity index (χ1v) is 22.3. The Balaban J connectivity index is 0.000000637. The van der Waals surface area contributed by atoms with Crippen LogP contribution in [0.4, 0.5) is 11.5 Å². The lowest BCUT2D eigenvalue weighted by molar-refractivity contribution is 0.590. The first kappa shape index (κ1) is 44.1. The van der Waals surface area contributed by atoms with Gasteiger partial charge in [-0.2, -0.15) is 0 Å². The van der Waals surface area contributed by atoms with Crippen LogP contribution < -0.4 is 16.8 Å². The smallest absolute Gasteiger partial charge is 0.329 e. The van der Waals surface area contributed by atoms with Gasteiger partial charge in [-0.1, -0.05) is 29.9 Å². The van der Waals surface area contributed by atoms with E-state index in [1.165, 1.54) is 29.2 Å². The van der Waals surface area contributed by atoms with Crippen LogP contribution in [0.5, 0.6) is 0 Å². The summed E-state index contributed by atoms with van der Waals surface area (Å²) in [4.78, 5) is 16.0. The van der Waals surface area contributed by atoms with Gasteiger partial charge in [0.2, 0.25) is 12.0 Å². The molecule has 0 radical (unpaired) electrons. The van der Waals surface area contributed by atoms with Gasteiger partial charge in [0.15, 0.2) is 12.6 Å². The van der Waals surface area contributed by atoms with Gasteiger partial charge in [0.05, 0.1) is 22.6 Å². The lowest BCUT2D eigenvalue weighted by Gasteiger charge is -2.07. The molecule has 0 spiro atoms. The number of aryl methyl sites for hydroxylation is 4. The molecule has 47 heavy (non-hydrogen) atoms. The number of nitrogens with two attached hydrogens (primary N) is 2. The number of pyridine rings is 1. The van der Waals surface area contributed by atoms with E-state index in [9.17, 15) is 18.3 Å². The molecule has 2 aromatic heterocycles. The van der Waals surface area contributed by atoms with Crippen LogP contribution in [0.25, 0.3) is 26.7 Å². The minimum absolute atomic E-state index is 0.315. The molecule has 0 saturated heterocycles. The lowest BCUT2D eigenvalue weighted by Crippen LogP contribution is -2.01. The van der Waals surface area contributed by atoms with E-state index in [4.69, 9.17) is 29.6 Å². The molecule has 0 amide bonds. The highest BCUT2D eigenvalue weighted by molar-refractivity contribution is 7.44. The Morgan fingerprint density at radius 3 is 1.57 bits per heavy atom. The third-order valence-corrected chi connectivity index (χ3v) is 9.12. The second-order valence-corrected chi connectivity index (χ2v) is 17.3. The van der Waals surface area contributed by atoms with Crippen molar-refractivity contribution in [3.05, 3.63) is 75.5 Å². The molecule has 0 saturated carbocycles. The second kappa shape index (κ2) is 23.4. The highest BCUT2D eigenvalue weighted by Gasteiger charge is 2.10. The SMILES string of the molecule is CC[P+](C)=O.C[P+](=O)CN.C[P+](=O)CN.Cc1cc2ncnc(NC[P+](C)=O)c2cc1C.[C-]#[N+]c1cnc2cc(C)c(C)cc2c1Cl. The Hall–Kier alpha value is -2.91. The van der Waals surface area contributed by atoms with Crippen LogP contribution in [-0.4, -0.2) is 66.6 Å². The number of hydrogen-bond acceptors (Lipinski definition) is 10. The molecule has 4 atom stereocenters. The van der Waals surface area contributed by atoms with Gasteiger partial charge in [-0.3, -0.25) is 16.5 Å². The summed E-state index contributed by atoms with van der Waals surface area (Å²) in [6, 6.07) is 8.08. The van der Waals surface area contributed by atoms with Gasteiger partial charge in [0.25, 0.3) is 0 Å². The molecule has 0 aliphatic heterocycles. The first-order chi connectivity index (χ1) is 22.0. The number of fused-ring (bicyclic) bond motifs is 2. The molecule has 0 aliphatic rings. The van der Waals surface area contributed by atoms with Gasteiger partial charge in [-0.05, 0) is 81.1 Å². The normalized spacial score (nSPS) is 11.0. The molecule has 16 heteroatoms. The van der Waals surface area contributed by atoms with Crippen LogP contribution in [-0.2, 0) is 18.3 Å². The molecular formula is C31H46ClN7O4P4+4. The van der Waals surface area contributed by atoms with Crippen LogP contribution in [0, 0.1) is 34.3 Å². The highest BCUT2D eigenvalue weighted by atomic mass is 35.5. The number of anilines is 1. The predicted octanol–water partition coefficient (Wildman–Crippen LogP) is 9.31. The minimum atomic E-state index is -1.21. The zero-order valence-electron chi connectivity index (χ0n) is 28.5. The van der Waals surface area contributed by atoms with E-state index in [0.717, 1.165) is 39.3 Å². The molecule has 2 aromatic carbocycles. The van der Waals surface area contributed by atoms with Crippen molar-refractivity contribution in [2.24, 2.45) is 11.5 Å². The van der Waals surface area contributed by atoms with Crippen LogP contribution in [0.1, 0.15) is 29.2 Å². The van der Waals surface area contributed by atoms with E-state index < -0.39 is 31.2 Å². The summed E-state index contributed by atoms with van der Waals surface area (Å²) in [6.07, 6.45) is 4.93. The van der Waals surface area contributed by atoms with Gasteiger partial charge in [0.1, 0.15) is 45.0 Å². The van der Waals surface area contributed by atoms with Crippen molar-refractivity contribution in [3.8, 4) is 0 Å². The molecule has 5 N–H and O–H groups in total. The summed E-state index contributed by atoms with van der Waals surface area (Å²) in [5, 5.41) is 5.43. The largest absolute Gasteiger partial charge is 0.356 e. The Kier molecular flexibility index (Phi) is 22.0. The Morgan fingerprint density at radius 2 is 1.17 bits per heavy atom. The van der Waals surface area contributed by atoms with Crippen molar-refractivity contribution in [2.45, 2.75) is 34.6 Å². The maximum Gasteiger partial charge on any atom is 0.356 e. The molecule has 4 unspecified atom stereocenters. The summed E-state index contributed by atoms with van der Waals surface area (Å²) in [5.74, 6) is 0.753. The fourth-order valence-corrected chi connectivity index (χ4v) is 3.74. The third-order valence-electron chi connectivity index (χ3n) is 6.20. The van der Waals surface area contributed by atoms with Crippen molar-refractivity contribution < 1.29 is 18.3 Å². The monoisotopic (exact) mass is 739 g/mol. The quantitative estimate of drug-likeness (QED) is 0.128. The molecule has 252 valence electrons. The number of aromatic nitrogens is 3. The Labute approximate surface area is 287 Å². The van der Waals surface area contributed by atoms with Gasteiger partial charge in [-0.15, -0.1) is 0 Å². The van der Waals surface area contributed by atoms with Gasteiger partial charge < -0.3 is 5.32 Å². The standard InChI is InChI=1S/C12H9ClN2.C12H15N3OP.C3H8OP.2C2H7NOP/c1-7-4-9-10(5-8(7)2)15-6-11(14-3)12(9)13;1-8-4-10-11(5-9(8)2)13-6-14-12(10)15-7-17(3)16;1-3-5(2)4;2*1-5(4)2-3/h4-6H,1-2H3;4-6H,7H2,1-3H3,(H,13,14,15);3H2,1-2H3;2*2-3H2,1H3/q;4*+1. The Bertz CT molecular complexity index is 1720. The summed E-state index contributed by atoms with van der Waals surface area (Å²) in [5.41, 5.74) is 16.7. The molecule has 4 rings (SSSR count). The number of benzene rings is 2. The molecule has 0 aliphatic carbocycles. The van der Waals surface area contributed by atoms with Crippen molar-refractivity contribution in [3.63, 3.8) is 0 Å². The van der Waals surface area contributed by atoms with Gasteiger partial charge in [0, 0.05) is 17.0 Å². The van der Waals surface area contributed by atoms with Gasteiger partial charge >= 0.3 is 31.2 Å². The number of nitrogens with zero attached hydrogens (tertiary/aromatic N) is 4. The molecule has 0 bridgehead atoms. The van der Waals surface area contributed by atoms with E-state index in [-0.39, 0.29) is 0 Å². The molecule has 0 fully saturated rings. The van der Waals surface area contributed by atoms with E-state index in [0.29, 0.717) is 29.6 Å².